The summed E-state index contributed by atoms with van der Waals surface area (Å²) >= 11 is 0. The van der Waals surface area contributed by atoms with E-state index in [9.17, 15) is 10.1 Å². The predicted octanol–water partition coefficient (Wildman–Crippen LogP) is 4.41. The van der Waals surface area contributed by atoms with Gasteiger partial charge in [0.1, 0.15) is 5.75 Å². The van der Waals surface area contributed by atoms with E-state index in [0.717, 1.165) is 42.8 Å². The molecule has 0 aliphatic carbocycles. The molecule has 2 heterocycles. The van der Waals surface area contributed by atoms with Crippen molar-refractivity contribution in [1.29, 1.82) is 5.26 Å². The van der Waals surface area contributed by atoms with Crippen molar-refractivity contribution >= 4 is 11.6 Å². The molecule has 0 bridgehead atoms. The summed E-state index contributed by atoms with van der Waals surface area (Å²) in [5.74, 6) is 0.777. The molecule has 2 aromatic carbocycles. The van der Waals surface area contributed by atoms with Crippen molar-refractivity contribution in [3.05, 3.63) is 59.2 Å². The molecule has 2 aliphatic heterocycles. The molecule has 5 heteroatoms. The van der Waals surface area contributed by atoms with E-state index in [1.807, 2.05) is 42.5 Å². The molecule has 0 N–H and O–H groups in total. The SMILES string of the molecule is N#Cc1ccc2c(c1)N(C(=O)c1ccc(OCCCN3CCCCC3)cc1)CCC2. The standard InChI is InChI=1S/C25H29N3O2/c26-19-20-7-8-21-6-4-16-28(24(21)18-20)25(29)22-9-11-23(12-10-22)30-17-5-15-27-13-2-1-3-14-27/h7-12,18H,1-6,13-17H2. The summed E-state index contributed by atoms with van der Waals surface area (Å²) in [6, 6.07) is 15.2. The minimum atomic E-state index is -0.0253. The van der Waals surface area contributed by atoms with E-state index < -0.39 is 0 Å². The first-order valence-corrected chi connectivity index (χ1v) is 11.0. The molecular weight excluding hydrogens is 374 g/mol. The van der Waals surface area contributed by atoms with Gasteiger partial charge in [-0.2, -0.15) is 5.26 Å². The van der Waals surface area contributed by atoms with E-state index in [1.54, 1.807) is 4.90 Å². The third-order valence-electron chi connectivity index (χ3n) is 6.02. The predicted molar refractivity (Wildman–Crippen MR) is 118 cm³/mol. The van der Waals surface area contributed by atoms with E-state index in [-0.39, 0.29) is 5.91 Å². The Kier molecular flexibility index (Phi) is 6.66. The maximum Gasteiger partial charge on any atom is 0.258 e. The zero-order chi connectivity index (χ0) is 20.8. The number of carbonyl (C=O) groups is 1. The zero-order valence-corrected chi connectivity index (χ0v) is 17.5. The number of hydrogen-bond acceptors (Lipinski definition) is 4. The van der Waals surface area contributed by atoms with Crippen LogP contribution in [0.4, 0.5) is 5.69 Å². The van der Waals surface area contributed by atoms with Crippen LogP contribution in [0.2, 0.25) is 0 Å². The molecule has 0 radical (unpaired) electrons. The fraction of sp³-hybridized carbons (Fsp3) is 0.440. The van der Waals surface area contributed by atoms with Crippen molar-refractivity contribution in [2.24, 2.45) is 0 Å². The Morgan fingerprint density at radius 3 is 2.57 bits per heavy atom. The van der Waals surface area contributed by atoms with Crippen molar-refractivity contribution < 1.29 is 9.53 Å². The molecule has 0 spiro atoms. The minimum absolute atomic E-state index is 0.0253. The number of ether oxygens (including phenoxy) is 1. The first-order valence-electron chi connectivity index (χ1n) is 11.0. The number of piperidine rings is 1. The first-order chi connectivity index (χ1) is 14.7. The van der Waals surface area contributed by atoms with Crippen LogP contribution in [0.15, 0.2) is 42.5 Å². The molecule has 4 rings (SSSR count). The molecule has 1 fully saturated rings. The molecular formula is C25H29N3O2. The lowest BCUT2D eigenvalue weighted by molar-refractivity contribution is 0.0985. The average molecular weight is 404 g/mol. The molecule has 0 atom stereocenters. The van der Waals surface area contributed by atoms with Gasteiger partial charge in [0.05, 0.1) is 18.2 Å². The summed E-state index contributed by atoms with van der Waals surface area (Å²) in [6.45, 7) is 4.89. The largest absolute Gasteiger partial charge is 0.494 e. The second-order valence-electron chi connectivity index (χ2n) is 8.14. The van der Waals surface area contributed by atoms with Gasteiger partial charge in [-0.1, -0.05) is 12.5 Å². The third kappa shape index (κ3) is 4.83. The van der Waals surface area contributed by atoms with Crippen molar-refractivity contribution in [3.8, 4) is 11.8 Å². The average Bonchev–Trinajstić information content (AvgIpc) is 2.81. The maximum atomic E-state index is 13.1. The molecule has 5 nitrogen and oxygen atoms in total. The van der Waals surface area contributed by atoms with Crippen LogP contribution in [0.1, 0.15) is 53.6 Å². The van der Waals surface area contributed by atoms with Crippen LogP contribution in [0.5, 0.6) is 5.75 Å². The second-order valence-corrected chi connectivity index (χ2v) is 8.14. The van der Waals surface area contributed by atoms with Crippen LogP contribution >= 0.6 is 0 Å². The highest BCUT2D eigenvalue weighted by Crippen LogP contribution is 2.29. The van der Waals surface area contributed by atoms with Crippen molar-refractivity contribution in [2.45, 2.75) is 38.5 Å². The number of likely N-dealkylation sites (tertiary alicyclic amines) is 1. The first kappa shape index (κ1) is 20.4. The molecule has 1 amide bonds. The number of hydrogen-bond donors (Lipinski definition) is 0. The third-order valence-corrected chi connectivity index (χ3v) is 6.02. The lowest BCUT2D eigenvalue weighted by Crippen LogP contribution is -2.35. The highest BCUT2D eigenvalue weighted by atomic mass is 16.5. The van der Waals surface area contributed by atoms with E-state index in [0.29, 0.717) is 24.3 Å². The van der Waals surface area contributed by atoms with Crippen molar-refractivity contribution in [3.63, 3.8) is 0 Å². The normalized spacial score (nSPS) is 16.6. The highest BCUT2D eigenvalue weighted by Gasteiger charge is 2.24. The fourth-order valence-electron chi connectivity index (χ4n) is 4.37. The number of carbonyl (C=O) groups excluding carboxylic acids is 1. The molecule has 0 saturated carbocycles. The Morgan fingerprint density at radius 1 is 1.00 bits per heavy atom. The van der Waals surface area contributed by atoms with E-state index in [4.69, 9.17) is 4.74 Å². The fourth-order valence-corrected chi connectivity index (χ4v) is 4.37. The zero-order valence-electron chi connectivity index (χ0n) is 17.5. The Morgan fingerprint density at radius 2 is 1.80 bits per heavy atom. The van der Waals surface area contributed by atoms with Gasteiger partial charge in [0, 0.05) is 24.3 Å². The van der Waals surface area contributed by atoms with Crippen LogP contribution in [0, 0.1) is 11.3 Å². The number of amides is 1. The number of anilines is 1. The Hall–Kier alpha value is -2.84. The monoisotopic (exact) mass is 403 g/mol. The van der Waals surface area contributed by atoms with Gasteiger partial charge in [-0.3, -0.25) is 4.79 Å². The summed E-state index contributed by atoms with van der Waals surface area (Å²) in [4.78, 5) is 17.4. The second kappa shape index (κ2) is 9.77. The summed E-state index contributed by atoms with van der Waals surface area (Å²) in [6.07, 6.45) is 6.89. The Balaban J connectivity index is 1.34. The molecule has 156 valence electrons. The van der Waals surface area contributed by atoms with Gasteiger partial charge in [-0.05, 0) is 87.2 Å². The van der Waals surface area contributed by atoms with Gasteiger partial charge in [-0.15, -0.1) is 0 Å². The maximum absolute atomic E-state index is 13.1. The van der Waals surface area contributed by atoms with E-state index in [1.165, 1.54) is 32.4 Å². The molecule has 0 unspecified atom stereocenters. The minimum Gasteiger partial charge on any atom is -0.494 e. The number of nitriles is 1. The summed E-state index contributed by atoms with van der Waals surface area (Å²) in [7, 11) is 0. The smallest absolute Gasteiger partial charge is 0.258 e. The van der Waals surface area contributed by atoms with Crippen LogP contribution in [0.3, 0.4) is 0 Å². The molecule has 30 heavy (non-hydrogen) atoms. The molecule has 1 saturated heterocycles. The lowest BCUT2D eigenvalue weighted by atomic mass is 9.99. The molecule has 2 aliphatic rings. The van der Waals surface area contributed by atoms with Crippen LogP contribution in [-0.4, -0.2) is 43.6 Å². The van der Waals surface area contributed by atoms with E-state index >= 15 is 0 Å². The van der Waals surface area contributed by atoms with Gasteiger partial charge < -0.3 is 14.5 Å². The van der Waals surface area contributed by atoms with Crippen LogP contribution < -0.4 is 9.64 Å². The number of benzene rings is 2. The summed E-state index contributed by atoms with van der Waals surface area (Å²) < 4.78 is 5.88. The quantitative estimate of drug-likeness (QED) is 0.671. The van der Waals surface area contributed by atoms with Crippen molar-refractivity contribution in [1.82, 2.24) is 4.90 Å². The van der Waals surface area contributed by atoms with Gasteiger partial charge in [-0.25, -0.2) is 0 Å². The van der Waals surface area contributed by atoms with Crippen molar-refractivity contribution in [2.75, 3.05) is 37.7 Å². The van der Waals surface area contributed by atoms with Gasteiger partial charge in [0.2, 0.25) is 0 Å². The van der Waals surface area contributed by atoms with Gasteiger partial charge in [0.15, 0.2) is 0 Å². The van der Waals surface area contributed by atoms with E-state index in [2.05, 4.69) is 11.0 Å². The Bertz CT molecular complexity index is 911. The number of fused-ring (bicyclic) bond motifs is 1. The number of aryl methyl sites for hydroxylation is 1. The highest BCUT2D eigenvalue weighted by molar-refractivity contribution is 6.06. The van der Waals surface area contributed by atoms with Crippen LogP contribution in [0.25, 0.3) is 0 Å². The summed E-state index contributed by atoms with van der Waals surface area (Å²) in [5, 5.41) is 9.20. The molecule has 2 aromatic rings. The topological polar surface area (TPSA) is 56.6 Å². The Labute approximate surface area is 178 Å². The van der Waals surface area contributed by atoms with Crippen LogP contribution in [-0.2, 0) is 6.42 Å². The van der Waals surface area contributed by atoms with Gasteiger partial charge >= 0.3 is 0 Å². The summed E-state index contributed by atoms with van der Waals surface area (Å²) in [5.41, 5.74) is 3.22. The lowest BCUT2D eigenvalue weighted by Gasteiger charge is -2.29. The molecule has 0 aromatic heterocycles. The number of nitrogens with zero attached hydrogens (tertiary/aromatic N) is 3. The van der Waals surface area contributed by atoms with Gasteiger partial charge in [0.25, 0.3) is 5.91 Å². The number of rotatable bonds is 6.